The van der Waals surface area contributed by atoms with Gasteiger partial charge in [-0.2, -0.15) is 0 Å². The molecule has 170 valence electrons. The van der Waals surface area contributed by atoms with Gasteiger partial charge in [-0.3, -0.25) is 18.7 Å². The highest BCUT2D eigenvalue weighted by molar-refractivity contribution is 7.91. The Labute approximate surface area is 182 Å². The molecule has 3 aromatic rings. The minimum absolute atomic E-state index is 0.0325. The van der Waals surface area contributed by atoms with Crippen LogP contribution in [0.4, 0.5) is 4.39 Å². The lowest BCUT2D eigenvalue weighted by Gasteiger charge is -2.20. The number of aryl methyl sites for hydroxylation is 1. The zero-order chi connectivity index (χ0) is 23.2. The standard InChI is InChI=1S/C20H22FN5O5S/c1-23-18-17(19(28)24(2)20(23)29)26(12-22-18)11-16(27)25-8-7-15(32(30,31)10-9-25)13-5-3-4-6-14(13)21/h3-6,12,15H,7-11H2,1-2H3. The van der Waals surface area contributed by atoms with Crippen molar-refractivity contribution < 1.29 is 17.6 Å². The molecule has 1 aromatic carbocycles. The Morgan fingerprint density at radius 1 is 1.16 bits per heavy atom. The van der Waals surface area contributed by atoms with Crippen LogP contribution < -0.4 is 11.2 Å². The second-order valence-corrected chi connectivity index (χ2v) is 10.1. The smallest absolute Gasteiger partial charge is 0.332 e. The first-order valence-electron chi connectivity index (χ1n) is 9.96. The zero-order valence-electron chi connectivity index (χ0n) is 17.6. The van der Waals surface area contributed by atoms with Crippen LogP contribution in [0.1, 0.15) is 17.2 Å². The molecule has 0 saturated carbocycles. The second-order valence-electron chi connectivity index (χ2n) is 7.80. The summed E-state index contributed by atoms with van der Waals surface area (Å²) in [6.45, 7) is -0.149. The number of halogens is 1. The lowest BCUT2D eigenvalue weighted by molar-refractivity contribution is -0.131. The first-order valence-corrected chi connectivity index (χ1v) is 11.7. The number of imidazole rings is 1. The molecule has 3 heterocycles. The fraction of sp³-hybridized carbons (Fsp3) is 0.400. The van der Waals surface area contributed by atoms with E-state index in [1.807, 2.05) is 0 Å². The molecule has 1 unspecified atom stereocenters. The first kappa shape index (κ1) is 21.9. The van der Waals surface area contributed by atoms with Gasteiger partial charge in [-0.05, 0) is 12.5 Å². The van der Waals surface area contributed by atoms with Crippen molar-refractivity contribution >= 4 is 26.9 Å². The molecule has 1 aliphatic rings. The van der Waals surface area contributed by atoms with E-state index in [9.17, 15) is 27.2 Å². The minimum atomic E-state index is -3.67. The zero-order valence-corrected chi connectivity index (χ0v) is 18.4. The second kappa shape index (κ2) is 8.01. The Kier molecular flexibility index (Phi) is 5.49. The molecule has 0 spiro atoms. The molecular formula is C20H22FN5O5S. The maximum atomic E-state index is 14.2. The van der Waals surface area contributed by atoms with Gasteiger partial charge in [0.2, 0.25) is 5.91 Å². The van der Waals surface area contributed by atoms with Crippen molar-refractivity contribution in [3.63, 3.8) is 0 Å². The summed E-state index contributed by atoms with van der Waals surface area (Å²) in [6.07, 6.45) is 1.37. The molecule has 1 atom stereocenters. The average Bonchev–Trinajstić information content (AvgIpc) is 3.09. The third kappa shape index (κ3) is 3.64. The van der Waals surface area contributed by atoms with Gasteiger partial charge in [-0.15, -0.1) is 0 Å². The highest BCUT2D eigenvalue weighted by Crippen LogP contribution is 2.31. The maximum absolute atomic E-state index is 14.2. The van der Waals surface area contributed by atoms with Gasteiger partial charge in [0.15, 0.2) is 21.0 Å². The van der Waals surface area contributed by atoms with E-state index in [1.165, 1.54) is 52.7 Å². The summed E-state index contributed by atoms with van der Waals surface area (Å²) < 4.78 is 43.3. The summed E-state index contributed by atoms with van der Waals surface area (Å²) in [6, 6.07) is 5.75. The fourth-order valence-corrected chi connectivity index (χ4v) is 5.84. The van der Waals surface area contributed by atoms with E-state index in [0.29, 0.717) is 0 Å². The summed E-state index contributed by atoms with van der Waals surface area (Å²) in [4.78, 5) is 43.1. The van der Waals surface area contributed by atoms with Gasteiger partial charge >= 0.3 is 5.69 Å². The van der Waals surface area contributed by atoms with Crippen LogP contribution in [0, 0.1) is 5.82 Å². The molecule has 12 heteroatoms. The predicted octanol–water partition coefficient (Wildman–Crippen LogP) is -0.0388. The van der Waals surface area contributed by atoms with Gasteiger partial charge in [-0.25, -0.2) is 22.6 Å². The molecule has 0 aliphatic carbocycles. The number of rotatable bonds is 3. The van der Waals surface area contributed by atoms with E-state index < -0.39 is 38.1 Å². The van der Waals surface area contributed by atoms with Crippen molar-refractivity contribution in [1.82, 2.24) is 23.6 Å². The SMILES string of the molecule is Cn1c(=O)c2c(ncn2CC(=O)N2CCC(c3ccccc3F)S(=O)(=O)CC2)n(C)c1=O. The molecule has 32 heavy (non-hydrogen) atoms. The van der Waals surface area contributed by atoms with Crippen LogP contribution >= 0.6 is 0 Å². The summed E-state index contributed by atoms with van der Waals surface area (Å²) in [5.41, 5.74) is -0.743. The van der Waals surface area contributed by atoms with Crippen molar-refractivity contribution in [2.45, 2.75) is 18.2 Å². The lowest BCUT2D eigenvalue weighted by atomic mass is 10.1. The number of sulfone groups is 1. The van der Waals surface area contributed by atoms with Gasteiger partial charge in [-0.1, -0.05) is 18.2 Å². The van der Waals surface area contributed by atoms with Crippen LogP contribution in [0.25, 0.3) is 11.2 Å². The van der Waals surface area contributed by atoms with E-state index in [4.69, 9.17) is 0 Å². The molecular weight excluding hydrogens is 441 g/mol. The number of benzene rings is 1. The van der Waals surface area contributed by atoms with E-state index in [1.54, 1.807) is 6.07 Å². The maximum Gasteiger partial charge on any atom is 0.332 e. The Bertz CT molecular complexity index is 1440. The topological polar surface area (TPSA) is 116 Å². The summed E-state index contributed by atoms with van der Waals surface area (Å²) in [7, 11) is -0.849. The molecule has 1 saturated heterocycles. The number of carbonyl (C=O) groups excluding carboxylic acids is 1. The number of carbonyl (C=O) groups is 1. The van der Waals surface area contributed by atoms with E-state index >= 15 is 0 Å². The lowest BCUT2D eigenvalue weighted by Crippen LogP contribution is -2.39. The quantitative estimate of drug-likeness (QED) is 0.538. The third-order valence-electron chi connectivity index (χ3n) is 5.87. The van der Waals surface area contributed by atoms with Crippen LogP contribution in [-0.2, 0) is 35.3 Å². The Balaban J connectivity index is 1.60. The van der Waals surface area contributed by atoms with E-state index in [-0.39, 0.29) is 48.5 Å². The number of nitrogens with zero attached hydrogens (tertiary/aromatic N) is 5. The molecule has 0 radical (unpaired) electrons. The van der Waals surface area contributed by atoms with Crippen molar-refractivity contribution in [2.75, 3.05) is 18.8 Å². The van der Waals surface area contributed by atoms with Gasteiger partial charge in [0, 0.05) is 32.7 Å². The third-order valence-corrected chi connectivity index (χ3v) is 7.98. The molecule has 1 fully saturated rings. The molecule has 10 nitrogen and oxygen atoms in total. The number of hydrogen-bond acceptors (Lipinski definition) is 6. The number of amides is 1. The number of fused-ring (bicyclic) bond motifs is 1. The fourth-order valence-electron chi connectivity index (χ4n) is 4.04. The normalized spacial score (nSPS) is 18.6. The Hall–Kier alpha value is -3.28. The van der Waals surface area contributed by atoms with Crippen LogP contribution in [0.2, 0.25) is 0 Å². The molecule has 2 aromatic heterocycles. The largest absolute Gasteiger partial charge is 0.340 e. The van der Waals surface area contributed by atoms with Crippen LogP contribution in [0.15, 0.2) is 40.2 Å². The van der Waals surface area contributed by atoms with Crippen molar-refractivity contribution in [2.24, 2.45) is 14.1 Å². The highest BCUT2D eigenvalue weighted by Gasteiger charge is 2.34. The number of hydrogen-bond donors (Lipinski definition) is 0. The highest BCUT2D eigenvalue weighted by atomic mass is 32.2. The van der Waals surface area contributed by atoms with Crippen molar-refractivity contribution in [3.8, 4) is 0 Å². The molecule has 4 rings (SSSR count). The van der Waals surface area contributed by atoms with E-state index in [2.05, 4.69) is 4.98 Å². The van der Waals surface area contributed by atoms with Crippen LogP contribution in [0.5, 0.6) is 0 Å². The predicted molar refractivity (Wildman–Crippen MR) is 114 cm³/mol. The van der Waals surface area contributed by atoms with Crippen molar-refractivity contribution in [1.29, 1.82) is 0 Å². The average molecular weight is 463 g/mol. The van der Waals surface area contributed by atoms with Crippen molar-refractivity contribution in [3.05, 3.63) is 62.8 Å². The summed E-state index contributed by atoms with van der Waals surface area (Å²) in [5, 5.41) is -1.03. The Morgan fingerprint density at radius 2 is 1.88 bits per heavy atom. The van der Waals surface area contributed by atoms with Gasteiger partial charge < -0.3 is 9.47 Å². The van der Waals surface area contributed by atoms with Gasteiger partial charge in [0.05, 0.1) is 17.3 Å². The number of aromatic nitrogens is 4. The van der Waals surface area contributed by atoms with Gasteiger partial charge in [0.1, 0.15) is 12.4 Å². The van der Waals surface area contributed by atoms with Crippen LogP contribution in [-0.4, -0.2) is 56.8 Å². The summed E-state index contributed by atoms with van der Waals surface area (Å²) >= 11 is 0. The Morgan fingerprint density at radius 3 is 2.59 bits per heavy atom. The van der Waals surface area contributed by atoms with E-state index in [0.717, 1.165) is 4.57 Å². The molecule has 0 N–H and O–H groups in total. The van der Waals surface area contributed by atoms with Gasteiger partial charge in [0.25, 0.3) is 5.56 Å². The summed E-state index contributed by atoms with van der Waals surface area (Å²) in [5.74, 6) is -1.28. The van der Waals surface area contributed by atoms with Crippen LogP contribution in [0.3, 0.4) is 0 Å². The monoisotopic (exact) mass is 463 g/mol. The molecule has 1 amide bonds. The molecule has 1 aliphatic heterocycles. The first-order chi connectivity index (χ1) is 15.1. The molecule has 0 bridgehead atoms. The minimum Gasteiger partial charge on any atom is -0.340 e.